The van der Waals surface area contributed by atoms with Crippen LogP contribution in [0.4, 0.5) is 4.79 Å². The van der Waals surface area contributed by atoms with Crippen LogP contribution in [0.3, 0.4) is 0 Å². The highest BCUT2D eigenvalue weighted by atomic mass is 16.5. The van der Waals surface area contributed by atoms with Crippen molar-refractivity contribution in [3.8, 4) is 0 Å². The van der Waals surface area contributed by atoms with Gasteiger partial charge in [0.2, 0.25) is 0 Å². The van der Waals surface area contributed by atoms with E-state index < -0.39 is 18.1 Å². The van der Waals surface area contributed by atoms with Gasteiger partial charge in [-0.25, -0.2) is 9.59 Å². The van der Waals surface area contributed by atoms with E-state index in [9.17, 15) is 14.7 Å². The minimum atomic E-state index is -0.977. The predicted molar refractivity (Wildman–Crippen MR) is 139 cm³/mol. The van der Waals surface area contributed by atoms with E-state index in [1.807, 2.05) is 0 Å². The zero-order chi connectivity index (χ0) is 24.4. The minimum absolute atomic E-state index is 0.369. The molecule has 0 aromatic heterocycles. The molecule has 0 aromatic rings. The Morgan fingerprint density at radius 3 is 1.36 bits per heavy atom. The van der Waals surface area contributed by atoms with Crippen LogP contribution in [0.1, 0.15) is 155 Å². The van der Waals surface area contributed by atoms with Crippen molar-refractivity contribution in [1.29, 1.82) is 0 Å². The SMILES string of the molecule is CCCCCCCCCCCCCCCCOC(=O)NC(CCCCCCCCC)C(=O)O. The van der Waals surface area contributed by atoms with Gasteiger partial charge in [0.05, 0.1) is 6.61 Å². The van der Waals surface area contributed by atoms with Gasteiger partial charge in [-0.05, 0) is 12.8 Å². The minimum Gasteiger partial charge on any atom is -0.480 e. The van der Waals surface area contributed by atoms with Gasteiger partial charge in [0, 0.05) is 0 Å². The lowest BCUT2D eigenvalue weighted by atomic mass is 10.0. The number of hydrogen-bond donors (Lipinski definition) is 2. The number of carbonyl (C=O) groups excluding carboxylic acids is 1. The largest absolute Gasteiger partial charge is 0.480 e. The third kappa shape index (κ3) is 23.7. The molecule has 0 spiro atoms. The number of nitrogens with one attached hydrogen (secondary N) is 1. The van der Waals surface area contributed by atoms with Gasteiger partial charge in [-0.2, -0.15) is 0 Å². The topological polar surface area (TPSA) is 75.6 Å². The van der Waals surface area contributed by atoms with Gasteiger partial charge in [0.15, 0.2) is 0 Å². The third-order valence-electron chi connectivity index (χ3n) is 6.42. The first-order valence-electron chi connectivity index (χ1n) is 14.3. The number of carboxylic acids is 1. The molecule has 33 heavy (non-hydrogen) atoms. The van der Waals surface area contributed by atoms with Crippen LogP contribution >= 0.6 is 0 Å². The Bertz CT molecular complexity index is 442. The van der Waals surface area contributed by atoms with E-state index in [2.05, 4.69) is 19.2 Å². The first-order valence-corrected chi connectivity index (χ1v) is 14.3. The van der Waals surface area contributed by atoms with E-state index in [0.717, 1.165) is 32.1 Å². The lowest BCUT2D eigenvalue weighted by Crippen LogP contribution is -2.41. The van der Waals surface area contributed by atoms with Crippen LogP contribution in [0, 0.1) is 0 Å². The van der Waals surface area contributed by atoms with Gasteiger partial charge >= 0.3 is 12.1 Å². The number of hydrogen-bond acceptors (Lipinski definition) is 3. The van der Waals surface area contributed by atoms with E-state index in [-0.39, 0.29) is 0 Å². The maximum atomic E-state index is 11.9. The molecular formula is C28H55NO4. The average molecular weight is 470 g/mol. The molecule has 0 aliphatic rings. The van der Waals surface area contributed by atoms with Crippen LogP contribution in [0.25, 0.3) is 0 Å². The van der Waals surface area contributed by atoms with E-state index in [1.54, 1.807) is 0 Å². The molecule has 0 radical (unpaired) electrons. The van der Waals surface area contributed by atoms with Crippen molar-refractivity contribution in [2.75, 3.05) is 6.61 Å². The number of carboxylic acid groups (broad SMARTS) is 1. The first kappa shape index (κ1) is 31.7. The van der Waals surface area contributed by atoms with Crippen LogP contribution in [0.2, 0.25) is 0 Å². The zero-order valence-corrected chi connectivity index (χ0v) is 22.0. The summed E-state index contributed by atoms with van der Waals surface area (Å²) in [7, 11) is 0. The maximum Gasteiger partial charge on any atom is 0.407 e. The van der Waals surface area contributed by atoms with Crippen molar-refractivity contribution in [3.05, 3.63) is 0 Å². The lowest BCUT2D eigenvalue weighted by Gasteiger charge is -2.14. The second-order valence-electron chi connectivity index (χ2n) is 9.68. The molecule has 0 fully saturated rings. The van der Waals surface area contributed by atoms with E-state index in [4.69, 9.17) is 4.74 Å². The van der Waals surface area contributed by atoms with Crippen molar-refractivity contribution in [3.63, 3.8) is 0 Å². The fourth-order valence-electron chi connectivity index (χ4n) is 4.21. The van der Waals surface area contributed by atoms with Crippen molar-refractivity contribution >= 4 is 12.1 Å². The highest BCUT2D eigenvalue weighted by Crippen LogP contribution is 2.13. The Morgan fingerprint density at radius 1 is 0.606 bits per heavy atom. The smallest absolute Gasteiger partial charge is 0.407 e. The highest BCUT2D eigenvalue weighted by molar-refractivity contribution is 5.79. The lowest BCUT2D eigenvalue weighted by molar-refractivity contribution is -0.139. The average Bonchev–Trinajstić information content (AvgIpc) is 2.80. The van der Waals surface area contributed by atoms with Crippen LogP contribution in [-0.4, -0.2) is 29.8 Å². The van der Waals surface area contributed by atoms with Crippen LogP contribution in [0.15, 0.2) is 0 Å². The maximum absolute atomic E-state index is 11.9. The summed E-state index contributed by atoms with van der Waals surface area (Å²) in [6.07, 6.45) is 25.8. The summed E-state index contributed by atoms with van der Waals surface area (Å²) in [5.74, 6) is -0.977. The Kier molecular flexibility index (Phi) is 24.4. The second-order valence-corrected chi connectivity index (χ2v) is 9.68. The Labute approximate surface area is 204 Å². The number of aliphatic carboxylic acids is 1. The molecule has 0 saturated heterocycles. The summed E-state index contributed by atoms with van der Waals surface area (Å²) in [4.78, 5) is 23.3. The predicted octanol–water partition coefficient (Wildman–Crippen LogP) is 8.79. The molecule has 1 amide bonds. The van der Waals surface area contributed by atoms with Gasteiger partial charge in [0.1, 0.15) is 6.04 Å². The number of alkyl carbamates (subject to hydrolysis) is 1. The fraction of sp³-hybridized carbons (Fsp3) is 0.929. The molecule has 0 aliphatic heterocycles. The number of ether oxygens (including phenoxy) is 1. The van der Waals surface area contributed by atoms with Crippen molar-refractivity contribution in [2.45, 2.75) is 161 Å². The quantitative estimate of drug-likeness (QED) is 0.131. The van der Waals surface area contributed by atoms with Gasteiger partial charge in [-0.15, -0.1) is 0 Å². The van der Waals surface area contributed by atoms with Crippen molar-refractivity contribution in [2.24, 2.45) is 0 Å². The number of rotatable bonds is 25. The summed E-state index contributed by atoms with van der Waals surface area (Å²) in [5.41, 5.74) is 0. The zero-order valence-electron chi connectivity index (χ0n) is 22.0. The van der Waals surface area contributed by atoms with E-state index in [0.29, 0.717) is 13.0 Å². The Balaban J connectivity index is 3.51. The normalized spacial score (nSPS) is 11.9. The number of carbonyl (C=O) groups is 2. The van der Waals surface area contributed by atoms with Gasteiger partial charge in [0.25, 0.3) is 0 Å². The van der Waals surface area contributed by atoms with Crippen LogP contribution < -0.4 is 5.32 Å². The summed E-state index contributed by atoms with van der Waals surface area (Å²) >= 11 is 0. The fourth-order valence-corrected chi connectivity index (χ4v) is 4.21. The highest BCUT2D eigenvalue weighted by Gasteiger charge is 2.19. The molecule has 0 aliphatic carbocycles. The summed E-state index contributed by atoms with van der Waals surface area (Å²) in [6, 6.07) is -0.843. The van der Waals surface area contributed by atoms with Gasteiger partial charge in [-0.1, -0.05) is 142 Å². The Morgan fingerprint density at radius 2 is 0.970 bits per heavy atom. The third-order valence-corrected chi connectivity index (χ3v) is 6.42. The summed E-state index contributed by atoms with van der Waals surface area (Å²) in [5, 5.41) is 11.8. The standard InChI is InChI=1S/C28H55NO4/c1-3-5-7-9-11-12-13-14-15-16-17-19-21-23-25-33-28(32)29-26(27(30)31)24-22-20-18-10-8-6-4-2/h26H,3-25H2,1-2H3,(H,29,32)(H,30,31). The summed E-state index contributed by atoms with van der Waals surface area (Å²) in [6.45, 7) is 4.83. The van der Waals surface area contributed by atoms with Crippen LogP contribution in [0.5, 0.6) is 0 Å². The molecule has 0 heterocycles. The molecular weight excluding hydrogens is 414 g/mol. The number of unbranched alkanes of at least 4 members (excludes halogenated alkanes) is 19. The molecule has 1 atom stereocenters. The van der Waals surface area contributed by atoms with E-state index >= 15 is 0 Å². The molecule has 196 valence electrons. The molecule has 0 saturated carbocycles. The molecule has 2 N–H and O–H groups in total. The van der Waals surface area contributed by atoms with Crippen molar-refractivity contribution in [1.82, 2.24) is 5.32 Å². The molecule has 1 unspecified atom stereocenters. The number of amides is 1. The molecule has 0 aromatic carbocycles. The second kappa shape index (κ2) is 25.4. The first-order chi connectivity index (χ1) is 16.1. The molecule has 5 heteroatoms. The Hall–Kier alpha value is -1.26. The van der Waals surface area contributed by atoms with Gasteiger partial charge < -0.3 is 15.2 Å². The molecule has 5 nitrogen and oxygen atoms in total. The van der Waals surface area contributed by atoms with E-state index in [1.165, 1.54) is 103 Å². The van der Waals surface area contributed by atoms with Gasteiger partial charge in [-0.3, -0.25) is 0 Å². The molecule has 0 rings (SSSR count). The summed E-state index contributed by atoms with van der Waals surface area (Å²) < 4.78 is 5.19. The molecule has 0 bridgehead atoms. The van der Waals surface area contributed by atoms with Crippen LogP contribution in [-0.2, 0) is 9.53 Å². The van der Waals surface area contributed by atoms with Crippen molar-refractivity contribution < 1.29 is 19.4 Å². The monoisotopic (exact) mass is 469 g/mol.